The van der Waals surface area contributed by atoms with Gasteiger partial charge in [0.15, 0.2) is 15.8 Å². The van der Waals surface area contributed by atoms with Gasteiger partial charge in [0, 0.05) is 31.6 Å². The Balaban J connectivity index is 0.00000261. The van der Waals surface area contributed by atoms with E-state index in [-0.39, 0.29) is 41.5 Å². The van der Waals surface area contributed by atoms with E-state index in [1.54, 1.807) is 13.3 Å². The number of aliphatic imine (C=N–C) groups is 1. The van der Waals surface area contributed by atoms with Gasteiger partial charge in [-0.05, 0) is 25.5 Å². The van der Waals surface area contributed by atoms with Gasteiger partial charge in [0.05, 0.1) is 17.2 Å². The maximum atomic E-state index is 11.5. The SMILES string of the molecule is CN=C(NCCc1coc(-c2ccc(C)cc2)n1)NC1CCS(=O)(=O)C1.I. The minimum absolute atomic E-state index is 0. The number of aryl methyl sites for hydroxylation is 1. The van der Waals surface area contributed by atoms with Crippen LogP contribution >= 0.6 is 24.0 Å². The van der Waals surface area contributed by atoms with Crippen LogP contribution in [0, 0.1) is 6.92 Å². The molecule has 9 heteroatoms. The Hall–Kier alpha value is -1.62. The molecule has 2 aromatic rings. The molecule has 7 nitrogen and oxygen atoms in total. The molecule has 0 radical (unpaired) electrons. The summed E-state index contributed by atoms with van der Waals surface area (Å²) in [5.74, 6) is 1.62. The van der Waals surface area contributed by atoms with Crippen molar-refractivity contribution in [3.05, 3.63) is 41.8 Å². The summed E-state index contributed by atoms with van der Waals surface area (Å²) in [6, 6.07) is 7.96. The second kappa shape index (κ2) is 9.54. The van der Waals surface area contributed by atoms with Gasteiger partial charge >= 0.3 is 0 Å². The van der Waals surface area contributed by atoms with Gasteiger partial charge in [0.25, 0.3) is 0 Å². The normalized spacial score (nSPS) is 18.7. The average molecular weight is 504 g/mol. The molecule has 3 rings (SSSR count). The number of oxazole rings is 1. The maximum Gasteiger partial charge on any atom is 0.226 e. The molecule has 0 spiro atoms. The average Bonchev–Trinajstić information content (AvgIpc) is 3.21. The van der Waals surface area contributed by atoms with E-state index < -0.39 is 9.84 Å². The van der Waals surface area contributed by atoms with E-state index >= 15 is 0 Å². The molecule has 0 saturated carbocycles. The van der Waals surface area contributed by atoms with Crippen molar-refractivity contribution < 1.29 is 12.8 Å². The van der Waals surface area contributed by atoms with Crippen LogP contribution in [0.3, 0.4) is 0 Å². The van der Waals surface area contributed by atoms with Crippen LogP contribution in [0.2, 0.25) is 0 Å². The summed E-state index contributed by atoms with van der Waals surface area (Å²) in [5, 5.41) is 6.35. The third-order valence-electron chi connectivity index (χ3n) is 4.32. The van der Waals surface area contributed by atoms with Crippen LogP contribution in [0.25, 0.3) is 11.5 Å². The summed E-state index contributed by atoms with van der Waals surface area (Å²) in [6.07, 6.45) is 2.96. The molecule has 0 amide bonds. The van der Waals surface area contributed by atoms with Gasteiger partial charge in [-0.1, -0.05) is 17.7 Å². The third kappa shape index (κ3) is 6.20. The van der Waals surface area contributed by atoms with Crippen LogP contribution in [0.1, 0.15) is 17.7 Å². The Morgan fingerprint density at radius 3 is 2.70 bits per heavy atom. The number of nitrogens with one attached hydrogen (secondary N) is 2. The number of guanidine groups is 1. The first-order valence-electron chi connectivity index (χ1n) is 8.64. The summed E-state index contributed by atoms with van der Waals surface area (Å²) < 4.78 is 28.6. The topological polar surface area (TPSA) is 96.6 Å². The number of hydrogen-bond donors (Lipinski definition) is 2. The molecular formula is C18H25IN4O3S. The summed E-state index contributed by atoms with van der Waals surface area (Å²) in [5.41, 5.74) is 3.00. The molecule has 1 aromatic carbocycles. The lowest BCUT2D eigenvalue weighted by atomic mass is 10.1. The van der Waals surface area contributed by atoms with Crippen LogP contribution in [0.5, 0.6) is 0 Å². The van der Waals surface area contributed by atoms with Gasteiger partial charge in [0.2, 0.25) is 5.89 Å². The lowest BCUT2D eigenvalue weighted by molar-refractivity contribution is 0.572. The van der Waals surface area contributed by atoms with Crippen molar-refractivity contribution in [2.45, 2.75) is 25.8 Å². The molecule has 1 aliphatic rings. The first-order chi connectivity index (χ1) is 12.4. The molecule has 1 atom stereocenters. The molecule has 27 heavy (non-hydrogen) atoms. The van der Waals surface area contributed by atoms with E-state index in [0.717, 1.165) is 11.3 Å². The molecule has 2 N–H and O–H groups in total. The van der Waals surface area contributed by atoms with Gasteiger partial charge in [-0.2, -0.15) is 0 Å². The van der Waals surface area contributed by atoms with Crippen LogP contribution in [-0.4, -0.2) is 50.5 Å². The lowest BCUT2D eigenvalue weighted by Gasteiger charge is -2.15. The van der Waals surface area contributed by atoms with Crippen LogP contribution in [0.4, 0.5) is 0 Å². The van der Waals surface area contributed by atoms with Crippen molar-refractivity contribution in [3.63, 3.8) is 0 Å². The van der Waals surface area contributed by atoms with Crippen LogP contribution in [-0.2, 0) is 16.3 Å². The predicted octanol–water partition coefficient (Wildman–Crippen LogP) is 2.16. The minimum atomic E-state index is -2.91. The highest BCUT2D eigenvalue weighted by atomic mass is 127. The quantitative estimate of drug-likeness (QED) is 0.368. The highest BCUT2D eigenvalue weighted by Gasteiger charge is 2.28. The van der Waals surface area contributed by atoms with E-state index in [9.17, 15) is 8.42 Å². The Morgan fingerprint density at radius 2 is 2.07 bits per heavy atom. The second-order valence-corrected chi connectivity index (χ2v) is 8.73. The summed E-state index contributed by atoms with van der Waals surface area (Å²) >= 11 is 0. The molecule has 1 aromatic heterocycles. The minimum Gasteiger partial charge on any atom is -0.444 e. The Labute approximate surface area is 177 Å². The van der Waals surface area contributed by atoms with Crippen molar-refractivity contribution >= 4 is 39.8 Å². The summed E-state index contributed by atoms with van der Waals surface area (Å²) in [6.45, 7) is 2.66. The number of benzene rings is 1. The van der Waals surface area contributed by atoms with Gasteiger partial charge in [0.1, 0.15) is 6.26 Å². The van der Waals surface area contributed by atoms with Crippen molar-refractivity contribution in [2.75, 3.05) is 25.1 Å². The van der Waals surface area contributed by atoms with Crippen LogP contribution < -0.4 is 10.6 Å². The maximum absolute atomic E-state index is 11.5. The first kappa shape index (κ1) is 21.7. The van der Waals surface area contributed by atoms with Gasteiger partial charge in [-0.25, -0.2) is 13.4 Å². The monoisotopic (exact) mass is 504 g/mol. The zero-order valence-corrected chi connectivity index (χ0v) is 18.6. The van der Waals surface area contributed by atoms with Crippen LogP contribution in [0.15, 0.2) is 39.9 Å². The summed E-state index contributed by atoms with van der Waals surface area (Å²) in [4.78, 5) is 8.66. The number of rotatable bonds is 5. The zero-order valence-electron chi connectivity index (χ0n) is 15.4. The lowest BCUT2D eigenvalue weighted by Crippen LogP contribution is -2.44. The molecule has 1 aliphatic heterocycles. The highest BCUT2D eigenvalue weighted by Crippen LogP contribution is 2.19. The molecule has 148 valence electrons. The fourth-order valence-corrected chi connectivity index (χ4v) is 4.53. The molecule has 1 unspecified atom stereocenters. The zero-order chi connectivity index (χ0) is 18.6. The van der Waals surface area contributed by atoms with Gasteiger partial charge in [-0.3, -0.25) is 4.99 Å². The predicted molar refractivity (Wildman–Crippen MR) is 117 cm³/mol. The Morgan fingerprint density at radius 1 is 1.33 bits per heavy atom. The third-order valence-corrected chi connectivity index (χ3v) is 6.09. The molecule has 1 saturated heterocycles. The largest absolute Gasteiger partial charge is 0.444 e. The number of halogens is 1. The first-order valence-corrected chi connectivity index (χ1v) is 10.5. The van der Waals surface area contributed by atoms with E-state index in [1.165, 1.54) is 5.56 Å². The molecule has 0 aliphatic carbocycles. The fourth-order valence-electron chi connectivity index (χ4n) is 2.86. The van der Waals surface area contributed by atoms with Crippen molar-refractivity contribution in [2.24, 2.45) is 4.99 Å². The van der Waals surface area contributed by atoms with Crippen molar-refractivity contribution in [1.29, 1.82) is 0 Å². The van der Waals surface area contributed by atoms with Gasteiger partial charge in [-0.15, -0.1) is 24.0 Å². The number of sulfone groups is 1. The second-order valence-electron chi connectivity index (χ2n) is 6.50. The van der Waals surface area contributed by atoms with Crippen molar-refractivity contribution in [1.82, 2.24) is 15.6 Å². The van der Waals surface area contributed by atoms with E-state index in [0.29, 0.717) is 31.2 Å². The molecule has 0 bridgehead atoms. The standard InChI is InChI=1S/C18H24N4O3S.HI/c1-13-3-5-14(6-4-13)17-21-15(11-25-17)7-9-20-18(19-2)22-16-8-10-26(23,24)12-16;/h3-6,11,16H,7-10,12H2,1-2H3,(H2,19,20,22);1H. The van der Waals surface area contributed by atoms with E-state index in [4.69, 9.17) is 4.42 Å². The van der Waals surface area contributed by atoms with E-state index in [1.807, 2.05) is 31.2 Å². The summed E-state index contributed by atoms with van der Waals surface area (Å²) in [7, 11) is -1.24. The fraction of sp³-hybridized carbons (Fsp3) is 0.444. The molecular weight excluding hydrogens is 479 g/mol. The van der Waals surface area contributed by atoms with Crippen molar-refractivity contribution in [3.8, 4) is 11.5 Å². The molecule has 1 fully saturated rings. The molecule has 2 heterocycles. The Bertz CT molecular complexity index is 878. The van der Waals surface area contributed by atoms with Gasteiger partial charge < -0.3 is 15.1 Å². The highest BCUT2D eigenvalue weighted by molar-refractivity contribution is 14.0. The number of aromatic nitrogens is 1. The number of hydrogen-bond acceptors (Lipinski definition) is 5. The Kier molecular flexibility index (Phi) is 7.66. The smallest absolute Gasteiger partial charge is 0.226 e. The van der Waals surface area contributed by atoms with E-state index in [2.05, 4.69) is 20.6 Å². The number of nitrogens with zero attached hydrogens (tertiary/aromatic N) is 2.